The maximum absolute atomic E-state index is 12.3. The Morgan fingerprint density at radius 2 is 1.50 bits per heavy atom. The van der Waals surface area contributed by atoms with E-state index in [1.54, 1.807) is 0 Å². The minimum absolute atomic E-state index is 0.204. The summed E-state index contributed by atoms with van der Waals surface area (Å²) < 4.78 is 0. The van der Waals surface area contributed by atoms with Crippen LogP contribution in [0.4, 0.5) is 0 Å². The molecule has 1 nitrogen and oxygen atoms in total. The molecule has 0 saturated carbocycles. The quantitative estimate of drug-likeness (QED) is 0.676. The van der Waals surface area contributed by atoms with E-state index in [9.17, 15) is 4.79 Å². The van der Waals surface area contributed by atoms with Crippen LogP contribution in [0.25, 0.3) is 5.57 Å². The van der Waals surface area contributed by atoms with Gasteiger partial charge in [0.05, 0.1) is 0 Å². The van der Waals surface area contributed by atoms with Gasteiger partial charge in [-0.15, -0.1) is 0 Å². The topological polar surface area (TPSA) is 17.1 Å². The van der Waals surface area contributed by atoms with Crippen molar-refractivity contribution in [1.29, 1.82) is 0 Å². The molecule has 0 radical (unpaired) electrons. The van der Waals surface area contributed by atoms with Gasteiger partial charge in [0.15, 0.2) is 5.78 Å². The van der Waals surface area contributed by atoms with E-state index in [1.165, 1.54) is 5.56 Å². The van der Waals surface area contributed by atoms with Crippen molar-refractivity contribution in [2.24, 2.45) is 0 Å². The van der Waals surface area contributed by atoms with Gasteiger partial charge in [0.2, 0.25) is 0 Å². The Kier molecular flexibility index (Phi) is 2.60. The van der Waals surface area contributed by atoms with Gasteiger partial charge in [0.25, 0.3) is 0 Å². The maximum Gasteiger partial charge on any atom is 0.167 e. The lowest BCUT2D eigenvalue weighted by atomic mass is 9.94. The first-order chi connectivity index (χ1) is 8.81. The van der Waals surface area contributed by atoms with Crippen molar-refractivity contribution in [2.75, 3.05) is 0 Å². The summed E-state index contributed by atoms with van der Waals surface area (Å²) in [5.41, 5.74) is 5.34. The molecule has 1 aliphatic rings. The van der Waals surface area contributed by atoms with Gasteiger partial charge in [-0.1, -0.05) is 54.6 Å². The Balaban J connectivity index is 2.34. The number of ketones is 1. The van der Waals surface area contributed by atoms with Crippen LogP contribution < -0.4 is 0 Å². The molecule has 2 aromatic rings. The molecule has 1 aliphatic carbocycles. The summed E-state index contributed by atoms with van der Waals surface area (Å²) in [4.78, 5) is 12.3. The highest BCUT2D eigenvalue weighted by Gasteiger charge is 2.21. The van der Waals surface area contributed by atoms with Crippen molar-refractivity contribution in [3.63, 3.8) is 0 Å². The van der Waals surface area contributed by atoms with Crippen LogP contribution in [0.15, 0.2) is 54.6 Å². The summed E-state index contributed by atoms with van der Waals surface area (Å²) in [6, 6.07) is 16.0. The molecule has 2 aromatic carbocycles. The van der Waals surface area contributed by atoms with Gasteiger partial charge in [-0.2, -0.15) is 0 Å². The van der Waals surface area contributed by atoms with E-state index in [0.717, 1.165) is 22.3 Å². The second kappa shape index (κ2) is 4.26. The number of allylic oxidation sites excluding steroid dienone is 1. The molecule has 0 unspecified atom stereocenters. The molecule has 1 heteroatoms. The first-order valence-electron chi connectivity index (χ1n) is 6.18. The first-order valence-corrected chi connectivity index (χ1v) is 6.18. The van der Waals surface area contributed by atoms with Crippen LogP contribution in [0.2, 0.25) is 0 Å². The predicted octanol–water partition coefficient (Wildman–Crippen LogP) is 3.88. The number of hydrogen-bond donors (Lipinski definition) is 0. The molecule has 18 heavy (non-hydrogen) atoms. The summed E-state index contributed by atoms with van der Waals surface area (Å²) >= 11 is 0. The highest BCUT2D eigenvalue weighted by Crippen LogP contribution is 2.32. The number of rotatable bonds is 0. The van der Waals surface area contributed by atoms with Crippen LogP contribution in [-0.2, 0) is 6.42 Å². The van der Waals surface area contributed by atoms with Crippen molar-refractivity contribution in [3.8, 4) is 0 Å². The fourth-order valence-electron chi connectivity index (χ4n) is 2.62. The van der Waals surface area contributed by atoms with E-state index in [1.807, 2.05) is 49.4 Å². The number of carbonyl (C=O) groups excluding carboxylic acids is 1. The van der Waals surface area contributed by atoms with Crippen molar-refractivity contribution in [2.45, 2.75) is 13.3 Å². The Labute approximate surface area is 107 Å². The molecule has 0 N–H and O–H groups in total. The van der Waals surface area contributed by atoms with E-state index in [4.69, 9.17) is 0 Å². The van der Waals surface area contributed by atoms with E-state index < -0.39 is 0 Å². The molecule has 0 amide bonds. The monoisotopic (exact) mass is 234 g/mol. The van der Waals surface area contributed by atoms with Gasteiger partial charge in [-0.3, -0.25) is 4.79 Å². The zero-order valence-corrected chi connectivity index (χ0v) is 10.3. The SMILES string of the molecule is C/C=C1/c2ccccc2CC(=O)c2ccccc21. The Morgan fingerprint density at radius 1 is 0.889 bits per heavy atom. The Bertz CT molecular complexity index is 650. The molecular weight excluding hydrogens is 220 g/mol. The largest absolute Gasteiger partial charge is 0.294 e. The molecule has 0 spiro atoms. The summed E-state index contributed by atoms with van der Waals surface area (Å²) in [6.07, 6.45) is 2.58. The lowest BCUT2D eigenvalue weighted by Crippen LogP contribution is -2.03. The first kappa shape index (κ1) is 11.0. The highest BCUT2D eigenvalue weighted by atomic mass is 16.1. The average molecular weight is 234 g/mol. The Morgan fingerprint density at radius 3 is 2.22 bits per heavy atom. The molecule has 0 heterocycles. The summed E-state index contributed by atoms with van der Waals surface area (Å²) in [7, 11) is 0. The minimum Gasteiger partial charge on any atom is -0.294 e. The molecule has 3 rings (SSSR count). The Hall–Kier alpha value is -2.15. The fraction of sp³-hybridized carbons (Fsp3) is 0.118. The predicted molar refractivity (Wildman–Crippen MR) is 73.7 cm³/mol. The third-order valence-corrected chi connectivity index (χ3v) is 3.46. The van der Waals surface area contributed by atoms with E-state index in [0.29, 0.717) is 6.42 Å². The van der Waals surface area contributed by atoms with Gasteiger partial charge in [-0.25, -0.2) is 0 Å². The van der Waals surface area contributed by atoms with Crippen molar-refractivity contribution in [3.05, 3.63) is 76.9 Å². The molecule has 0 atom stereocenters. The summed E-state index contributed by atoms with van der Waals surface area (Å²) in [6.45, 7) is 2.03. The zero-order valence-electron chi connectivity index (χ0n) is 10.3. The lowest BCUT2D eigenvalue weighted by Gasteiger charge is -2.09. The molecule has 0 fully saturated rings. The molecule has 0 aromatic heterocycles. The van der Waals surface area contributed by atoms with Crippen molar-refractivity contribution < 1.29 is 4.79 Å². The second-order valence-corrected chi connectivity index (χ2v) is 4.51. The second-order valence-electron chi connectivity index (χ2n) is 4.51. The molecule has 88 valence electrons. The van der Waals surface area contributed by atoms with Crippen LogP contribution in [0, 0.1) is 0 Å². The van der Waals surface area contributed by atoms with Crippen molar-refractivity contribution >= 4 is 11.4 Å². The van der Waals surface area contributed by atoms with Crippen LogP contribution in [-0.4, -0.2) is 5.78 Å². The van der Waals surface area contributed by atoms with Crippen LogP contribution in [0.5, 0.6) is 0 Å². The lowest BCUT2D eigenvalue weighted by molar-refractivity contribution is 0.0993. The number of carbonyl (C=O) groups is 1. The number of hydrogen-bond acceptors (Lipinski definition) is 1. The number of benzene rings is 2. The van der Waals surface area contributed by atoms with E-state index >= 15 is 0 Å². The van der Waals surface area contributed by atoms with Crippen LogP contribution in [0.3, 0.4) is 0 Å². The van der Waals surface area contributed by atoms with Crippen LogP contribution in [0.1, 0.15) is 34.0 Å². The third kappa shape index (κ3) is 1.60. The van der Waals surface area contributed by atoms with Crippen molar-refractivity contribution in [1.82, 2.24) is 0 Å². The summed E-state index contributed by atoms with van der Waals surface area (Å²) in [5.74, 6) is 0.204. The minimum atomic E-state index is 0.204. The average Bonchev–Trinajstić information content (AvgIpc) is 2.53. The van der Waals surface area contributed by atoms with Gasteiger partial charge in [0.1, 0.15) is 0 Å². The zero-order chi connectivity index (χ0) is 12.5. The van der Waals surface area contributed by atoms with Gasteiger partial charge in [-0.05, 0) is 29.2 Å². The summed E-state index contributed by atoms with van der Waals surface area (Å²) in [5, 5.41) is 0. The third-order valence-electron chi connectivity index (χ3n) is 3.46. The fourth-order valence-corrected chi connectivity index (χ4v) is 2.62. The standard InChI is InChI=1S/C17H14O/c1-2-13-14-8-4-3-7-12(14)11-17(18)16-10-6-5-9-15(13)16/h2-10H,11H2,1H3/b13-2-. The highest BCUT2D eigenvalue weighted by molar-refractivity contribution is 6.06. The maximum atomic E-state index is 12.3. The molecular formula is C17H14O. The van der Waals surface area contributed by atoms with Gasteiger partial charge in [0, 0.05) is 12.0 Å². The number of Topliss-reactive ketones (excluding diaryl/α,β-unsaturated/α-hetero) is 1. The van der Waals surface area contributed by atoms with Crippen LogP contribution >= 0.6 is 0 Å². The normalized spacial score (nSPS) is 16.1. The van der Waals surface area contributed by atoms with E-state index in [-0.39, 0.29) is 5.78 Å². The van der Waals surface area contributed by atoms with Gasteiger partial charge >= 0.3 is 0 Å². The molecule has 0 bridgehead atoms. The number of fused-ring (bicyclic) bond motifs is 2. The molecule has 0 aliphatic heterocycles. The van der Waals surface area contributed by atoms with E-state index in [2.05, 4.69) is 12.1 Å². The van der Waals surface area contributed by atoms with Gasteiger partial charge < -0.3 is 0 Å². The molecule has 0 saturated heterocycles. The smallest absolute Gasteiger partial charge is 0.167 e.